The second kappa shape index (κ2) is 11.3. The van der Waals surface area contributed by atoms with E-state index >= 15 is 0 Å². The van der Waals surface area contributed by atoms with Crippen LogP contribution in [0.4, 0.5) is 0 Å². The lowest BCUT2D eigenvalue weighted by molar-refractivity contribution is 0.171. The van der Waals surface area contributed by atoms with Crippen LogP contribution in [0.5, 0.6) is 0 Å². The molecule has 34 heavy (non-hydrogen) atoms. The normalized spacial score (nSPS) is 26.9. The molecule has 0 spiro atoms. The molecule has 0 aromatic carbocycles. The fourth-order valence-corrected chi connectivity index (χ4v) is 6.04. The molecule has 0 unspecified atom stereocenters. The first kappa shape index (κ1) is 25.4. The summed E-state index contributed by atoms with van der Waals surface area (Å²) in [5, 5.41) is 16.6. The molecule has 190 valence electrons. The average Bonchev–Trinajstić information content (AvgIpc) is 3.28. The van der Waals surface area contributed by atoms with Crippen LogP contribution in [0, 0.1) is 13.8 Å². The van der Waals surface area contributed by atoms with Gasteiger partial charge in [-0.1, -0.05) is 0 Å². The van der Waals surface area contributed by atoms with Crippen molar-refractivity contribution in [2.45, 2.75) is 91.4 Å². The number of hydrogen-bond acceptors (Lipinski definition) is 6. The molecular weight excluding hydrogens is 424 g/mol. The van der Waals surface area contributed by atoms with Crippen molar-refractivity contribution in [3.63, 3.8) is 0 Å². The highest BCUT2D eigenvalue weighted by Crippen LogP contribution is 2.16. The van der Waals surface area contributed by atoms with E-state index in [1.807, 2.05) is 0 Å². The lowest BCUT2D eigenvalue weighted by Gasteiger charge is -2.36. The molecule has 2 aromatic heterocycles. The predicted octanol–water partition coefficient (Wildman–Crippen LogP) is 2.24. The van der Waals surface area contributed by atoms with Crippen molar-refractivity contribution in [1.29, 1.82) is 0 Å². The molecule has 0 saturated carbocycles. The Kier molecular flexibility index (Phi) is 8.45. The van der Waals surface area contributed by atoms with Crippen molar-refractivity contribution in [2.75, 3.05) is 39.3 Å². The van der Waals surface area contributed by atoms with Crippen molar-refractivity contribution in [1.82, 2.24) is 40.0 Å². The molecule has 2 aliphatic rings. The summed E-state index contributed by atoms with van der Waals surface area (Å²) in [6.45, 7) is 20.2. The molecule has 0 aliphatic carbocycles. The molecule has 0 amide bonds. The predicted molar refractivity (Wildman–Crippen MR) is 138 cm³/mol. The molecule has 0 radical (unpaired) electrons. The molecule has 2 aromatic rings. The third-order valence-corrected chi connectivity index (χ3v) is 7.22. The summed E-state index contributed by atoms with van der Waals surface area (Å²) in [5.74, 6) is 2.16. The van der Waals surface area contributed by atoms with E-state index in [-0.39, 0.29) is 0 Å². The highest BCUT2D eigenvalue weighted by Gasteiger charge is 2.23. The van der Waals surface area contributed by atoms with Crippen LogP contribution in [0.15, 0.2) is 12.1 Å². The Morgan fingerprint density at radius 3 is 1.44 bits per heavy atom. The maximum absolute atomic E-state index is 4.69. The Bertz CT molecular complexity index is 829. The number of piperazine rings is 2. The smallest absolute Gasteiger partial charge is 0.153 e. The van der Waals surface area contributed by atoms with Crippen molar-refractivity contribution >= 4 is 0 Å². The topological polar surface area (TPSA) is 66.2 Å². The van der Waals surface area contributed by atoms with Crippen molar-refractivity contribution in [3.8, 4) is 0 Å². The first-order valence-corrected chi connectivity index (χ1v) is 13.4. The molecule has 2 fully saturated rings. The van der Waals surface area contributed by atoms with E-state index in [2.05, 4.69) is 83.5 Å². The average molecular weight is 471 g/mol. The Labute approximate surface area is 206 Å². The first-order valence-electron chi connectivity index (χ1n) is 13.4. The van der Waals surface area contributed by atoms with Crippen molar-refractivity contribution in [2.24, 2.45) is 0 Å². The largest absolute Gasteiger partial charge is 0.309 e. The second-order valence-corrected chi connectivity index (χ2v) is 10.9. The van der Waals surface area contributed by atoms with E-state index in [9.17, 15) is 0 Å². The van der Waals surface area contributed by atoms with Crippen LogP contribution >= 0.6 is 0 Å². The summed E-state index contributed by atoms with van der Waals surface area (Å²) in [7, 11) is 0. The van der Waals surface area contributed by atoms with E-state index < -0.39 is 0 Å². The van der Waals surface area contributed by atoms with E-state index in [0.717, 1.165) is 76.6 Å². The molecular formula is C26H46N8. The molecule has 4 rings (SSSR count). The quantitative estimate of drug-likeness (QED) is 0.586. The summed E-state index contributed by atoms with van der Waals surface area (Å²) in [6.07, 6.45) is 4.11. The molecule has 8 heteroatoms. The minimum Gasteiger partial charge on any atom is -0.309 e. The molecule has 8 nitrogen and oxygen atoms in total. The third kappa shape index (κ3) is 6.27. The van der Waals surface area contributed by atoms with Gasteiger partial charge in [-0.05, 0) is 79.6 Å². The SMILES string of the molecule is Cc1ccc(C)n1-n1c(CCCN2C[C@@H](C)N[C@@H](C)C2)nnc1CCCN1C[C@@H](C)N[C@@H](C)C1. The van der Waals surface area contributed by atoms with E-state index in [1.54, 1.807) is 0 Å². The Hall–Kier alpha value is -1.74. The number of aromatic nitrogens is 4. The summed E-state index contributed by atoms with van der Waals surface area (Å²) in [4.78, 5) is 5.18. The lowest BCUT2D eigenvalue weighted by atomic mass is 10.1. The van der Waals surface area contributed by atoms with Gasteiger partial charge in [0.05, 0.1) is 0 Å². The number of nitrogens with one attached hydrogen (secondary N) is 2. The zero-order valence-corrected chi connectivity index (χ0v) is 22.2. The van der Waals surface area contributed by atoms with Crippen molar-refractivity contribution in [3.05, 3.63) is 35.2 Å². The van der Waals surface area contributed by atoms with Gasteiger partial charge in [0.1, 0.15) is 0 Å². The highest BCUT2D eigenvalue weighted by atomic mass is 15.5. The standard InChI is InChI=1S/C26H46N8/c1-19-15-31(16-20(2)27-19)13-7-9-25-29-30-26(34(25)33-23(5)11-12-24(33)6)10-8-14-32-17-21(3)28-22(4)18-32/h11-12,19-22,27-28H,7-10,13-18H2,1-6H3/t19-,20+,21-,22+. The maximum Gasteiger partial charge on any atom is 0.153 e. The van der Waals surface area contributed by atoms with E-state index in [1.165, 1.54) is 11.4 Å². The van der Waals surface area contributed by atoms with Gasteiger partial charge in [0, 0.05) is 74.6 Å². The summed E-state index contributed by atoms with van der Waals surface area (Å²) >= 11 is 0. The zero-order chi connectivity index (χ0) is 24.2. The molecule has 2 aliphatic heterocycles. The molecule has 2 N–H and O–H groups in total. The second-order valence-electron chi connectivity index (χ2n) is 10.9. The van der Waals surface area contributed by atoms with Crippen molar-refractivity contribution < 1.29 is 0 Å². The van der Waals surface area contributed by atoms with Gasteiger partial charge in [-0.2, -0.15) is 0 Å². The van der Waals surface area contributed by atoms with E-state index in [0.29, 0.717) is 24.2 Å². The minimum absolute atomic E-state index is 0.561. The first-order chi connectivity index (χ1) is 16.3. The van der Waals surface area contributed by atoms with Gasteiger partial charge >= 0.3 is 0 Å². The third-order valence-electron chi connectivity index (χ3n) is 7.22. The van der Waals surface area contributed by atoms with Crippen LogP contribution in [0.3, 0.4) is 0 Å². The number of rotatable bonds is 9. The van der Waals surface area contributed by atoms with Gasteiger partial charge in [0.2, 0.25) is 0 Å². The van der Waals surface area contributed by atoms with Gasteiger partial charge in [0.25, 0.3) is 0 Å². The van der Waals surface area contributed by atoms with E-state index in [4.69, 9.17) is 10.2 Å². The summed E-state index contributed by atoms with van der Waals surface area (Å²) in [5.41, 5.74) is 2.46. The molecule has 2 saturated heterocycles. The Morgan fingerprint density at radius 2 is 1.06 bits per heavy atom. The summed E-state index contributed by atoms with van der Waals surface area (Å²) < 4.78 is 4.60. The van der Waals surface area contributed by atoms with Gasteiger partial charge in [0.15, 0.2) is 11.6 Å². The molecule has 4 heterocycles. The van der Waals surface area contributed by atoms with Gasteiger partial charge in [-0.25, -0.2) is 4.68 Å². The van der Waals surface area contributed by atoms with Gasteiger partial charge in [-0.15, -0.1) is 10.2 Å². The van der Waals surface area contributed by atoms with Gasteiger partial charge in [-0.3, -0.25) is 4.68 Å². The minimum atomic E-state index is 0.561. The fourth-order valence-electron chi connectivity index (χ4n) is 6.04. The number of aryl methyl sites for hydroxylation is 4. The Morgan fingerprint density at radius 1 is 0.676 bits per heavy atom. The van der Waals surface area contributed by atoms with Crippen LogP contribution in [-0.4, -0.2) is 92.8 Å². The fraction of sp³-hybridized carbons (Fsp3) is 0.769. The maximum atomic E-state index is 4.69. The molecule has 4 atom stereocenters. The lowest BCUT2D eigenvalue weighted by Crippen LogP contribution is -2.54. The highest BCUT2D eigenvalue weighted by molar-refractivity contribution is 5.16. The Balaban J connectivity index is 1.41. The monoisotopic (exact) mass is 470 g/mol. The zero-order valence-electron chi connectivity index (χ0n) is 22.2. The van der Waals surface area contributed by atoms with Crippen LogP contribution in [0.2, 0.25) is 0 Å². The van der Waals surface area contributed by atoms with Crippen LogP contribution in [0.1, 0.15) is 63.6 Å². The number of nitrogens with zero attached hydrogens (tertiary/aromatic N) is 6. The van der Waals surface area contributed by atoms with Crippen LogP contribution in [-0.2, 0) is 12.8 Å². The van der Waals surface area contributed by atoms with Crippen LogP contribution in [0.25, 0.3) is 0 Å². The number of hydrogen-bond donors (Lipinski definition) is 2. The van der Waals surface area contributed by atoms with Crippen LogP contribution < -0.4 is 10.6 Å². The molecule has 0 bridgehead atoms. The summed E-state index contributed by atoms with van der Waals surface area (Å²) in [6, 6.07) is 6.62. The van der Waals surface area contributed by atoms with Gasteiger partial charge < -0.3 is 20.4 Å².